The van der Waals surface area contributed by atoms with Crippen molar-refractivity contribution in [2.45, 2.75) is 6.92 Å². The second kappa shape index (κ2) is 7.58. The number of thiazole rings is 1. The standard InChI is InChI=1S/C21H15N3O3S/c1-14(25)15-8-10-16(11-9-15)20(26)24(22-13-17-5-4-12-27-17)21-23-18-6-2-3-7-19(18)28-21/h2-13H,1H3/b22-13+. The number of benzene rings is 2. The molecule has 2 aromatic heterocycles. The number of fused-ring (bicyclic) bond motifs is 1. The minimum Gasteiger partial charge on any atom is -0.463 e. The van der Waals surface area contributed by atoms with Crippen LogP contribution in [0.25, 0.3) is 10.2 Å². The van der Waals surface area contributed by atoms with Crippen molar-refractivity contribution >= 4 is 44.6 Å². The van der Waals surface area contributed by atoms with Crippen LogP contribution in [0.15, 0.2) is 76.4 Å². The van der Waals surface area contributed by atoms with Gasteiger partial charge in [0.15, 0.2) is 5.78 Å². The number of para-hydroxylation sites is 1. The van der Waals surface area contributed by atoms with Gasteiger partial charge in [-0.3, -0.25) is 9.59 Å². The smallest absolute Gasteiger partial charge is 0.280 e. The highest BCUT2D eigenvalue weighted by Gasteiger charge is 2.21. The van der Waals surface area contributed by atoms with Crippen molar-refractivity contribution in [2.75, 3.05) is 5.01 Å². The fourth-order valence-corrected chi connectivity index (χ4v) is 3.51. The molecule has 0 saturated heterocycles. The highest BCUT2D eigenvalue weighted by atomic mass is 32.1. The van der Waals surface area contributed by atoms with Gasteiger partial charge < -0.3 is 4.42 Å². The molecule has 2 aromatic carbocycles. The molecular formula is C21H15N3O3S. The maximum Gasteiger partial charge on any atom is 0.280 e. The van der Waals surface area contributed by atoms with Gasteiger partial charge in [0.2, 0.25) is 5.13 Å². The molecule has 7 heteroatoms. The first-order chi connectivity index (χ1) is 13.6. The van der Waals surface area contributed by atoms with Crippen molar-refractivity contribution in [1.82, 2.24) is 4.98 Å². The maximum absolute atomic E-state index is 13.1. The molecule has 0 atom stereocenters. The summed E-state index contributed by atoms with van der Waals surface area (Å²) in [4.78, 5) is 29.1. The van der Waals surface area contributed by atoms with E-state index in [0.717, 1.165) is 10.2 Å². The lowest BCUT2D eigenvalue weighted by molar-refractivity contribution is 0.0983. The van der Waals surface area contributed by atoms with E-state index in [1.807, 2.05) is 24.3 Å². The van der Waals surface area contributed by atoms with E-state index in [-0.39, 0.29) is 11.7 Å². The van der Waals surface area contributed by atoms with Gasteiger partial charge in [0.1, 0.15) is 5.76 Å². The number of furan rings is 1. The third-order valence-electron chi connectivity index (χ3n) is 4.04. The van der Waals surface area contributed by atoms with Crippen LogP contribution in [0.5, 0.6) is 0 Å². The van der Waals surface area contributed by atoms with Crippen LogP contribution in [-0.2, 0) is 0 Å². The predicted molar refractivity (Wildman–Crippen MR) is 109 cm³/mol. The van der Waals surface area contributed by atoms with Crippen molar-refractivity contribution in [3.63, 3.8) is 0 Å². The largest absolute Gasteiger partial charge is 0.463 e. The third-order valence-corrected chi connectivity index (χ3v) is 5.05. The molecule has 138 valence electrons. The number of anilines is 1. The summed E-state index contributed by atoms with van der Waals surface area (Å²) in [5.74, 6) is 0.112. The number of amides is 1. The minimum atomic E-state index is -0.350. The zero-order valence-corrected chi connectivity index (χ0v) is 15.7. The van der Waals surface area contributed by atoms with Gasteiger partial charge in [0, 0.05) is 11.1 Å². The maximum atomic E-state index is 13.1. The Hall–Kier alpha value is -3.58. The van der Waals surface area contributed by atoms with Crippen LogP contribution in [-0.4, -0.2) is 22.9 Å². The monoisotopic (exact) mass is 389 g/mol. The molecule has 0 spiro atoms. The lowest BCUT2D eigenvalue weighted by atomic mass is 10.1. The highest BCUT2D eigenvalue weighted by molar-refractivity contribution is 7.22. The van der Waals surface area contributed by atoms with Crippen molar-refractivity contribution < 1.29 is 14.0 Å². The SMILES string of the molecule is CC(=O)c1ccc(C(=O)N(/N=C/c2ccco2)c2nc3ccccc3s2)cc1. The normalized spacial score (nSPS) is 11.2. The Morgan fingerprint density at radius 1 is 1.04 bits per heavy atom. The number of rotatable bonds is 5. The van der Waals surface area contributed by atoms with Crippen LogP contribution < -0.4 is 5.01 Å². The minimum absolute atomic E-state index is 0.0575. The van der Waals surface area contributed by atoms with Crippen LogP contribution in [0.2, 0.25) is 0 Å². The number of carbonyl (C=O) groups is 2. The second-order valence-corrected chi connectivity index (χ2v) is 6.98. The molecule has 0 saturated carbocycles. The Balaban J connectivity index is 1.73. The number of Topliss-reactive ketones (excluding diaryl/α,β-unsaturated/α-hetero) is 1. The Kier molecular flexibility index (Phi) is 4.82. The van der Waals surface area contributed by atoms with Gasteiger partial charge in [-0.2, -0.15) is 10.1 Å². The van der Waals surface area contributed by atoms with E-state index in [0.29, 0.717) is 22.0 Å². The van der Waals surface area contributed by atoms with E-state index in [1.165, 1.54) is 35.7 Å². The Bertz CT molecular complexity index is 1130. The fourth-order valence-electron chi connectivity index (χ4n) is 2.59. The molecule has 0 aliphatic rings. The van der Waals surface area contributed by atoms with Crippen molar-refractivity contribution in [3.05, 3.63) is 83.8 Å². The third kappa shape index (κ3) is 3.60. The van der Waals surface area contributed by atoms with E-state index in [1.54, 1.807) is 36.4 Å². The number of hydrazone groups is 1. The summed E-state index contributed by atoms with van der Waals surface area (Å²) in [5.41, 5.74) is 1.74. The van der Waals surface area contributed by atoms with E-state index in [4.69, 9.17) is 4.42 Å². The van der Waals surface area contributed by atoms with Gasteiger partial charge >= 0.3 is 0 Å². The summed E-state index contributed by atoms with van der Waals surface area (Å²) in [6.45, 7) is 1.48. The van der Waals surface area contributed by atoms with Crippen molar-refractivity contribution in [2.24, 2.45) is 5.10 Å². The fraction of sp³-hybridized carbons (Fsp3) is 0.0476. The summed E-state index contributed by atoms with van der Waals surface area (Å²) in [7, 11) is 0. The summed E-state index contributed by atoms with van der Waals surface area (Å²) in [6, 6.07) is 17.6. The number of aromatic nitrogens is 1. The molecule has 6 nitrogen and oxygen atoms in total. The van der Waals surface area contributed by atoms with E-state index >= 15 is 0 Å². The predicted octanol–water partition coefficient (Wildman–Crippen LogP) is 4.77. The Labute approximate surface area is 164 Å². The van der Waals surface area contributed by atoms with Crippen LogP contribution in [0, 0.1) is 0 Å². The van der Waals surface area contributed by atoms with Crippen LogP contribution in [0.4, 0.5) is 5.13 Å². The molecule has 28 heavy (non-hydrogen) atoms. The van der Waals surface area contributed by atoms with E-state index in [9.17, 15) is 9.59 Å². The number of nitrogens with zero attached hydrogens (tertiary/aromatic N) is 3. The highest BCUT2D eigenvalue weighted by Crippen LogP contribution is 2.30. The average molecular weight is 389 g/mol. The summed E-state index contributed by atoms with van der Waals surface area (Å²) in [6.07, 6.45) is 3.00. The molecule has 0 bridgehead atoms. The zero-order valence-electron chi connectivity index (χ0n) is 14.9. The van der Waals surface area contributed by atoms with Gasteiger partial charge in [-0.15, -0.1) is 0 Å². The van der Waals surface area contributed by atoms with Crippen LogP contribution in [0.1, 0.15) is 33.4 Å². The average Bonchev–Trinajstić information content (AvgIpc) is 3.37. The molecule has 0 fully saturated rings. The van der Waals surface area contributed by atoms with E-state index in [2.05, 4.69) is 10.1 Å². The Morgan fingerprint density at radius 2 is 1.79 bits per heavy atom. The van der Waals surface area contributed by atoms with Gasteiger partial charge in [-0.25, -0.2) is 4.98 Å². The lowest BCUT2D eigenvalue weighted by Gasteiger charge is -2.13. The lowest BCUT2D eigenvalue weighted by Crippen LogP contribution is -2.25. The molecule has 2 heterocycles. The van der Waals surface area contributed by atoms with Gasteiger partial charge in [-0.05, 0) is 43.3 Å². The zero-order chi connectivity index (χ0) is 19.5. The summed E-state index contributed by atoms with van der Waals surface area (Å²) < 4.78 is 6.22. The molecule has 4 aromatic rings. The molecular weight excluding hydrogens is 374 g/mol. The Morgan fingerprint density at radius 3 is 2.46 bits per heavy atom. The van der Waals surface area contributed by atoms with Crippen molar-refractivity contribution in [1.29, 1.82) is 0 Å². The van der Waals surface area contributed by atoms with Gasteiger partial charge in [0.05, 0.1) is 22.7 Å². The number of hydrogen-bond donors (Lipinski definition) is 0. The van der Waals surface area contributed by atoms with Crippen molar-refractivity contribution in [3.8, 4) is 0 Å². The summed E-state index contributed by atoms with van der Waals surface area (Å²) in [5, 5.41) is 6.01. The van der Waals surface area contributed by atoms with Crippen LogP contribution >= 0.6 is 11.3 Å². The second-order valence-electron chi connectivity index (χ2n) is 5.97. The molecule has 0 radical (unpaired) electrons. The number of ketones is 1. The quantitative estimate of drug-likeness (QED) is 0.280. The van der Waals surface area contributed by atoms with Crippen LogP contribution in [0.3, 0.4) is 0 Å². The first kappa shape index (κ1) is 17.8. The molecule has 4 rings (SSSR count). The number of hydrogen-bond acceptors (Lipinski definition) is 6. The van der Waals surface area contributed by atoms with E-state index < -0.39 is 0 Å². The molecule has 0 N–H and O–H groups in total. The first-order valence-electron chi connectivity index (χ1n) is 8.50. The first-order valence-corrected chi connectivity index (χ1v) is 9.32. The molecule has 0 aliphatic heterocycles. The summed E-state index contributed by atoms with van der Waals surface area (Å²) >= 11 is 1.37. The topological polar surface area (TPSA) is 75.8 Å². The molecule has 0 unspecified atom stereocenters. The number of carbonyl (C=O) groups excluding carboxylic acids is 2. The molecule has 1 amide bonds. The van der Waals surface area contributed by atoms with Gasteiger partial charge in [-0.1, -0.05) is 35.6 Å². The van der Waals surface area contributed by atoms with Gasteiger partial charge in [0.25, 0.3) is 5.91 Å². The molecule has 0 aliphatic carbocycles.